The molecule has 110 valence electrons. The Morgan fingerprint density at radius 2 is 1.76 bits per heavy atom. The van der Waals surface area contributed by atoms with Crippen molar-refractivity contribution in [3.8, 4) is 0 Å². The third-order valence-corrected chi connectivity index (χ3v) is 3.86. The summed E-state index contributed by atoms with van der Waals surface area (Å²) >= 11 is 3.44. The molecule has 0 radical (unpaired) electrons. The van der Waals surface area contributed by atoms with E-state index in [1.807, 2.05) is 54.6 Å². The monoisotopic (exact) mass is 348 g/mol. The SMILES string of the molecule is O=C(NCc1ccccc1Br)N[C@H](CO)c1ccccc1. The number of aliphatic hydroxyl groups is 1. The van der Waals surface area contributed by atoms with Gasteiger partial charge in [0.05, 0.1) is 12.6 Å². The van der Waals surface area contributed by atoms with Crippen LogP contribution >= 0.6 is 15.9 Å². The molecule has 2 amide bonds. The van der Waals surface area contributed by atoms with Crippen LogP contribution in [0.1, 0.15) is 17.2 Å². The summed E-state index contributed by atoms with van der Waals surface area (Å²) in [5.74, 6) is 0. The van der Waals surface area contributed by atoms with Crippen LogP contribution in [0.2, 0.25) is 0 Å². The molecule has 0 saturated heterocycles. The van der Waals surface area contributed by atoms with Crippen LogP contribution in [0.5, 0.6) is 0 Å². The Morgan fingerprint density at radius 1 is 1.10 bits per heavy atom. The molecule has 3 N–H and O–H groups in total. The first-order chi connectivity index (χ1) is 10.2. The molecule has 0 aliphatic rings. The first kappa shape index (κ1) is 15.5. The number of urea groups is 1. The number of hydrogen-bond acceptors (Lipinski definition) is 2. The second-order valence-electron chi connectivity index (χ2n) is 4.56. The van der Waals surface area contributed by atoms with Gasteiger partial charge in [0.1, 0.15) is 0 Å². The highest BCUT2D eigenvalue weighted by Crippen LogP contribution is 2.15. The van der Waals surface area contributed by atoms with Crippen LogP contribution in [-0.4, -0.2) is 17.7 Å². The molecular weight excluding hydrogens is 332 g/mol. The van der Waals surface area contributed by atoms with Gasteiger partial charge >= 0.3 is 6.03 Å². The summed E-state index contributed by atoms with van der Waals surface area (Å²) in [7, 11) is 0. The lowest BCUT2D eigenvalue weighted by Gasteiger charge is -2.17. The van der Waals surface area contributed by atoms with Crippen molar-refractivity contribution in [2.75, 3.05) is 6.61 Å². The van der Waals surface area contributed by atoms with Gasteiger partial charge in [-0.1, -0.05) is 64.5 Å². The Kier molecular flexibility index (Phi) is 5.78. The van der Waals surface area contributed by atoms with Gasteiger partial charge in [-0.3, -0.25) is 0 Å². The molecule has 0 fully saturated rings. The molecule has 2 rings (SSSR count). The predicted molar refractivity (Wildman–Crippen MR) is 85.8 cm³/mol. The maximum Gasteiger partial charge on any atom is 0.315 e. The zero-order valence-electron chi connectivity index (χ0n) is 11.4. The van der Waals surface area contributed by atoms with Crippen molar-refractivity contribution in [2.24, 2.45) is 0 Å². The van der Waals surface area contributed by atoms with E-state index in [1.165, 1.54) is 0 Å². The number of rotatable bonds is 5. The van der Waals surface area contributed by atoms with Gasteiger partial charge in [0.2, 0.25) is 0 Å². The highest BCUT2D eigenvalue weighted by molar-refractivity contribution is 9.10. The van der Waals surface area contributed by atoms with Gasteiger partial charge in [0, 0.05) is 11.0 Å². The lowest BCUT2D eigenvalue weighted by molar-refractivity contribution is 0.216. The highest BCUT2D eigenvalue weighted by atomic mass is 79.9. The van der Waals surface area contributed by atoms with Crippen molar-refractivity contribution < 1.29 is 9.90 Å². The zero-order chi connectivity index (χ0) is 15.1. The van der Waals surface area contributed by atoms with Crippen LogP contribution in [0.3, 0.4) is 0 Å². The lowest BCUT2D eigenvalue weighted by Crippen LogP contribution is -2.38. The molecule has 0 bridgehead atoms. The number of hydrogen-bond donors (Lipinski definition) is 3. The number of halogens is 1. The third-order valence-electron chi connectivity index (χ3n) is 3.09. The number of aliphatic hydroxyl groups excluding tert-OH is 1. The summed E-state index contributed by atoms with van der Waals surface area (Å²) in [6.45, 7) is 0.270. The average molecular weight is 349 g/mol. The second kappa shape index (κ2) is 7.81. The van der Waals surface area contributed by atoms with Crippen LogP contribution in [0, 0.1) is 0 Å². The molecule has 0 aliphatic heterocycles. The molecule has 0 unspecified atom stereocenters. The van der Waals surface area contributed by atoms with Crippen LogP contribution in [0.4, 0.5) is 4.79 Å². The predicted octanol–water partition coefficient (Wildman–Crippen LogP) is 2.98. The van der Waals surface area contributed by atoms with E-state index < -0.39 is 6.04 Å². The molecule has 4 nitrogen and oxygen atoms in total. The maximum atomic E-state index is 11.9. The Bertz CT molecular complexity index is 590. The topological polar surface area (TPSA) is 61.4 Å². The first-order valence-corrected chi connectivity index (χ1v) is 7.43. The van der Waals surface area contributed by atoms with Gasteiger partial charge in [-0.2, -0.15) is 0 Å². The minimum atomic E-state index is -0.412. The molecule has 0 aliphatic carbocycles. The molecule has 21 heavy (non-hydrogen) atoms. The lowest BCUT2D eigenvalue weighted by atomic mass is 10.1. The molecule has 0 spiro atoms. The average Bonchev–Trinajstić information content (AvgIpc) is 2.52. The van der Waals surface area contributed by atoms with Crippen molar-refractivity contribution in [1.82, 2.24) is 10.6 Å². The molecule has 1 atom stereocenters. The van der Waals surface area contributed by atoms with Crippen molar-refractivity contribution in [2.45, 2.75) is 12.6 Å². The molecule has 0 heterocycles. The van der Waals surface area contributed by atoms with Gasteiger partial charge in [-0.15, -0.1) is 0 Å². The largest absolute Gasteiger partial charge is 0.394 e. The summed E-state index contributed by atoms with van der Waals surface area (Å²) in [4.78, 5) is 11.9. The molecular formula is C16H17BrN2O2. The van der Waals surface area contributed by atoms with Gasteiger partial charge in [-0.25, -0.2) is 4.79 Å². The van der Waals surface area contributed by atoms with Crippen LogP contribution < -0.4 is 10.6 Å². The molecule has 2 aromatic rings. The van der Waals surface area contributed by atoms with Crippen molar-refractivity contribution in [1.29, 1.82) is 0 Å². The van der Waals surface area contributed by atoms with Crippen LogP contribution in [0.25, 0.3) is 0 Å². The standard InChI is InChI=1S/C16H17BrN2O2/c17-14-9-5-4-8-13(14)10-18-16(21)19-15(11-20)12-6-2-1-3-7-12/h1-9,15,20H,10-11H2,(H2,18,19,21)/t15-/m1/s1. The van der Waals surface area contributed by atoms with E-state index in [0.29, 0.717) is 6.54 Å². The van der Waals surface area contributed by atoms with E-state index in [-0.39, 0.29) is 12.6 Å². The van der Waals surface area contributed by atoms with E-state index in [9.17, 15) is 9.90 Å². The van der Waals surface area contributed by atoms with Crippen molar-refractivity contribution in [3.05, 3.63) is 70.2 Å². The fourth-order valence-electron chi connectivity index (χ4n) is 1.95. The van der Waals surface area contributed by atoms with E-state index in [4.69, 9.17) is 0 Å². The fourth-order valence-corrected chi connectivity index (χ4v) is 2.37. The summed E-state index contributed by atoms with van der Waals surface area (Å²) < 4.78 is 0.951. The number of benzene rings is 2. The third kappa shape index (κ3) is 4.58. The van der Waals surface area contributed by atoms with E-state index in [2.05, 4.69) is 26.6 Å². The molecule has 5 heteroatoms. The number of carbonyl (C=O) groups excluding carboxylic acids is 1. The smallest absolute Gasteiger partial charge is 0.315 e. The second-order valence-corrected chi connectivity index (χ2v) is 5.42. The van der Waals surface area contributed by atoms with E-state index >= 15 is 0 Å². The van der Waals surface area contributed by atoms with Gasteiger partial charge < -0.3 is 15.7 Å². The summed E-state index contributed by atoms with van der Waals surface area (Å²) in [5.41, 5.74) is 1.86. The van der Waals surface area contributed by atoms with Gasteiger partial charge in [-0.05, 0) is 17.2 Å². The maximum absolute atomic E-state index is 11.9. The van der Waals surface area contributed by atoms with Crippen molar-refractivity contribution in [3.63, 3.8) is 0 Å². The number of nitrogens with one attached hydrogen (secondary N) is 2. The van der Waals surface area contributed by atoms with Crippen molar-refractivity contribution >= 4 is 22.0 Å². The minimum absolute atomic E-state index is 0.146. The fraction of sp³-hybridized carbons (Fsp3) is 0.188. The summed E-state index contributed by atoms with van der Waals surface area (Å²) in [6, 6.07) is 16.4. The van der Waals surface area contributed by atoms with E-state index in [0.717, 1.165) is 15.6 Å². The minimum Gasteiger partial charge on any atom is -0.394 e. The van der Waals surface area contributed by atoms with Crippen LogP contribution in [0.15, 0.2) is 59.1 Å². The van der Waals surface area contributed by atoms with Crippen LogP contribution in [-0.2, 0) is 6.54 Å². The summed E-state index contributed by atoms with van der Waals surface area (Å²) in [6.07, 6.45) is 0. The molecule has 2 aromatic carbocycles. The Balaban J connectivity index is 1.90. The normalized spacial score (nSPS) is 11.7. The van der Waals surface area contributed by atoms with Gasteiger partial charge in [0.15, 0.2) is 0 Å². The Labute approximate surface area is 132 Å². The Morgan fingerprint density at radius 3 is 2.43 bits per heavy atom. The summed E-state index contributed by atoms with van der Waals surface area (Å²) in [5, 5.41) is 14.9. The molecule has 0 saturated carbocycles. The zero-order valence-corrected chi connectivity index (χ0v) is 13.0. The Hall–Kier alpha value is -1.85. The first-order valence-electron chi connectivity index (χ1n) is 6.64. The van der Waals surface area contributed by atoms with E-state index in [1.54, 1.807) is 0 Å². The number of carbonyl (C=O) groups is 1. The van der Waals surface area contributed by atoms with Gasteiger partial charge in [0.25, 0.3) is 0 Å². The molecule has 0 aromatic heterocycles. The quantitative estimate of drug-likeness (QED) is 0.777. The number of amides is 2. The highest BCUT2D eigenvalue weighted by Gasteiger charge is 2.13.